The summed E-state index contributed by atoms with van der Waals surface area (Å²) < 4.78 is 6.48. The summed E-state index contributed by atoms with van der Waals surface area (Å²) in [5.74, 6) is -1.81. The second kappa shape index (κ2) is 4.78. The zero-order valence-electron chi connectivity index (χ0n) is 11.3. The van der Waals surface area contributed by atoms with Gasteiger partial charge in [-0.15, -0.1) is 0 Å². The van der Waals surface area contributed by atoms with Gasteiger partial charge in [0.2, 0.25) is 11.8 Å². The summed E-state index contributed by atoms with van der Waals surface area (Å²) in [6.45, 7) is 1.53. The summed E-state index contributed by atoms with van der Waals surface area (Å²) in [5.41, 5.74) is -0.0908. The smallest absolute Gasteiger partial charge is 0.355 e. The molecule has 0 saturated carbocycles. The molecule has 0 spiro atoms. The first-order valence-electron chi connectivity index (χ1n) is 6.19. The van der Waals surface area contributed by atoms with Gasteiger partial charge in [-0.1, -0.05) is 11.8 Å². The highest BCUT2D eigenvalue weighted by atomic mass is 32.2. The average molecular weight is 311 g/mol. The molecule has 0 aliphatic carbocycles. The highest BCUT2D eigenvalue weighted by molar-refractivity contribution is 8.08. The topological polar surface area (TPSA) is 105 Å². The van der Waals surface area contributed by atoms with Gasteiger partial charge < -0.3 is 14.9 Å². The monoisotopic (exact) mass is 311 g/mol. The molecule has 1 saturated heterocycles. The number of rotatable bonds is 4. The van der Waals surface area contributed by atoms with Crippen molar-refractivity contribution in [2.75, 3.05) is 7.11 Å². The van der Waals surface area contributed by atoms with Crippen molar-refractivity contribution in [3.63, 3.8) is 0 Å². The molecule has 0 radical (unpaired) electrons. The predicted octanol–water partition coefficient (Wildman–Crippen LogP) is 0.0145. The number of ether oxygens (including phenoxy) is 1. The number of fused-ring (bicyclic) bond motifs is 1. The molecule has 3 atom stereocenters. The third-order valence-corrected chi connectivity index (χ3v) is 4.86. The number of aliphatic hydroxyl groups is 1. The molecule has 1 amide bonds. The van der Waals surface area contributed by atoms with Crippen LogP contribution in [-0.4, -0.2) is 55.1 Å². The Hall–Kier alpha value is -2.00. The van der Waals surface area contributed by atoms with Crippen LogP contribution in [0, 0.1) is 5.92 Å². The summed E-state index contributed by atoms with van der Waals surface area (Å²) in [4.78, 5) is 28.7. The number of carboxylic acids is 1. The van der Waals surface area contributed by atoms with Crippen LogP contribution in [0.15, 0.2) is 18.2 Å². The molecule has 1 aromatic rings. The van der Waals surface area contributed by atoms with E-state index in [1.165, 1.54) is 41.6 Å². The molecule has 1 fully saturated rings. The fourth-order valence-electron chi connectivity index (χ4n) is 2.47. The number of thioether (sulfide) groups is 1. The van der Waals surface area contributed by atoms with Crippen LogP contribution in [0.4, 0.5) is 0 Å². The molecule has 1 aromatic heterocycles. The molecule has 0 aromatic carbocycles. The number of aliphatic hydroxyl groups excluding tert-OH is 1. The third-order valence-electron chi connectivity index (χ3n) is 3.48. The Kier molecular flexibility index (Phi) is 3.18. The lowest BCUT2D eigenvalue weighted by Gasteiger charge is -2.43. The number of carbonyl (C=O) groups is 2. The van der Waals surface area contributed by atoms with Crippen LogP contribution < -0.4 is 4.74 Å². The van der Waals surface area contributed by atoms with E-state index in [9.17, 15) is 19.8 Å². The molecule has 8 nitrogen and oxygen atoms in total. The predicted molar refractivity (Wildman–Crippen MR) is 73.0 cm³/mol. The van der Waals surface area contributed by atoms with Crippen molar-refractivity contribution in [2.24, 2.45) is 5.92 Å². The fourth-order valence-corrected chi connectivity index (χ4v) is 4.02. The first-order chi connectivity index (χ1) is 9.95. The van der Waals surface area contributed by atoms with E-state index in [0.717, 1.165) is 0 Å². The zero-order valence-corrected chi connectivity index (χ0v) is 12.1. The maximum absolute atomic E-state index is 12.0. The van der Waals surface area contributed by atoms with Crippen LogP contribution in [0.2, 0.25) is 0 Å². The van der Waals surface area contributed by atoms with Crippen LogP contribution in [0.25, 0.3) is 5.03 Å². The summed E-state index contributed by atoms with van der Waals surface area (Å²) >= 11 is 1.23. The Morgan fingerprint density at radius 3 is 2.81 bits per heavy atom. The Bertz CT molecular complexity index is 653. The van der Waals surface area contributed by atoms with Gasteiger partial charge in [-0.25, -0.2) is 9.78 Å². The van der Waals surface area contributed by atoms with Gasteiger partial charge in [0.1, 0.15) is 16.7 Å². The number of aliphatic carboxylic acids is 1. The van der Waals surface area contributed by atoms with Gasteiger partial charge >= 0.3 is 5.97 Å². The quantitative estimate of drug-likeness (QED) is 0.755. The van der Waals surface area contributed by atoms with Gasteiger partial charge in [-0.2, -0.15) is 0 Å². The maximum atomic E-state index is 12.0. The summed E-state index contributed by atoms with van der Waals surface area (Å²) in [6, 6.07) is 0. The van der Waals surface area contributed by atoms with Crippen molar-refractivity contribution >= 4 is 28.7 Å². The number of hydrogen-bond donors (Lipinski definition) is 2. The lowest BCUT2D eigenvalue weighted by atomic mass is 9.92. The van der Waals surface area contributed by atoms with Gasteiger partial charge in [0.25, 0.3) is 0 Å². The molecular formula is C12H13N3O5S. The molecule has 3 rings (SSSR count). The number of imidazole rings is 1. The Morgan fingerprint density at radius 2 is 2.29 bits per heavy atom. The standard InChI is InChI=1S/C12H13N3O5S/c1-5(16)7-9(17)15-8(12(18)19)11(21-10(7)15)14-3-6(20-2)13-4-14/h3-5,7,10,16H,1-2H3,(H,18,19)/t5-,7+,10-/m1/s1. The first-order valence-corrected chi connectivity index (χ1v) is 7.07. The van der Waals surface area contributed by atoms with E-state index in [1.807, 2.05) is 0 Å². The maximum Gasteiger partial charge on any atom is 0.355 e. The second-order valence-electron chi connectivity index (χ2n) is 4.77. The van der Waals surface area contributed by atoms with Crippen molar-refractivity contribution in [1.82, 2.24) is 14.5 Å². The molecule has 2 aliphatic heterocycles. The second-order valence-corrected chi connectivity index (χ2v) is 5.87. The van der Waals surface area contributed by atoms with Gasteiger partial charge in [0, 0.05) is 0 Å². The lowest BCUT2D eigenvalue weighted by molar-refractivity contribution is -0.156. The van der Waals surface area contributed by atoms with Crippen LogP contribution in [0.5, 0.6) is 5.88 Å². The zero-order chi connectivity index (χ0) is 15.3. The molecular weight excluding hydrogens is 298 g/mol. The number of hydrogen-bond acceptors (Lipinski definition) is 6. The molecule has 3 heterocycles. The van der Waals surface area contributed by atoms with Crippen molar-refractivity contribution < 1.29 is 24.5 Å². The molecule has 21 heavy (non-hydrogen) atoms. The van der Waals surface area contributed by atoms with Crippen LogP contribution in [0.1, 0.15) is 6.92 Å². The first kappa shape index (κ1) is 14.0. The van der Waals surface area contributed by atoms with E-state index in [-0.39, 0.29) is 11.6 Å². The Labute approximate surface area is 124 Å². The number of nitrogens with zero attached hydrogens (tertiary/aromatic N) is 3. The van der Waals surface area contributed by atoms with Crippen LogP contribution in [-0.2, 0) is 9.59 Å². The highest BCUT2D eigenvalue weighted by Crippen LogP contribution is 2.52. The molecule has 9 heteroatoms. The SMILES string of the molecule is COc1cn(C2=C(C(=O)O)N3C(=O)[C@H]([C@@H](C)O)[C@H]3S2)cn1. The molecule has 112 valence electrons. The highest BCUT2D eigenvalue weighted by Gasteiger charge is 2.58. The average Bonchev–Trinajstić information content (AvgIpc) is 2.99. The normalized spacial score (nSPS) is 25.7. The van der Waals surface area contributed by atoms with Gasteiger partial charge in [-0.3, -0.25) is 14.3 Å². The number of amides is 1. The summed E-state index contributed by atoms with van der Waals surface area (Å²) in [7, 11) is 1.46. The summed E-state index contributed by atoms with van der Waals surface area (Å²) in [5, 5.41) is 19.0. The Morgan fingerprint density at radius 1 is 1.57 bits per heavy atom. The minimum atomic E-state index is -1.19. The van der Waals surface area contributed by atoms with Crippen molar-refractivity contribution in [1.29, 1.82) is 0 Å². The molecule has 2 N–H and O–H groups in total. The van der Waals surface area contributed by atoms with E-state index in [1.54, 1.807) is 6.20 Å². The van der Waals surface area contributed by atoms with Gasteiger partial charge in [0.05, 0.1) is 25.3 Å². The number of carboxylic acid groups (broad SMARTS) is 1. The third kappa shape index (κ3) is 1.92. The molecule has 2 aliphatic rings. The lowest BCUT2D eigenvalue weighted by Crippen LogP contribution is -2.60. The van der Waals surface area contributed by atoms with Gasteiger partial charge in [0.15, 0.2) is 5.70 Å². The van der Waals surface area contributed by atoms with Gasteiger partial charge in [-0.05, 0) is 6.92 Å². The summed E-state index contributed by atoms with van der Waals surface area (Å²) in [6.07, 6.45) is 2.15. The van der Waals surface area contributed by atoms with E-state index in [2.05, 4.69) is 4.98 Å². The molecule has 0 unspecified atom stereocenters. The van der Waals surface area contributed by atoms with E-state index >= 15 is 0 Å². The fraction of sp³-hybridized carbons (Fsp3) is 0.417. The van der Waals surface area contributed by atoms with E-state index in [4.69, 9.17) is 4.74 Å². The van der Waals surface area contributed by atoms with Crippen molar-refractivity contribution in [2.45, 2.75) is 18.4 Å². The number of methoxy groups -OCH3 is 1. The van der Waals surface area contributed by atoms with Crippen molar-refractivity contribution in [3.8, 4) is 5.88 Å². The minimum Gasteiger partial charge on any atom is -0.480 e. The van der Waals surface area contributed by atoms with E-state index in [0.29, 0.717) is 10.9 Å². The van der Waals surface area contributed by atoms with Crippen LogP contribution in [0.3, 0.4) is 0 Å². The minimum absolute atomic E-state index is 0.0908. The van der Waals surface area contributed by atoms with Crippen LogP contribution >= 0.6 is 11.8 Å². The molecule has 0 bridgehead atoms. The number of β-lactam (4-membered cyclic amide) rings is 1. The number of aromatic nitrogens is 2. The van der Waals surface area contributed by atoms with Crippen molar-refractivity contribution in [3.05, 3.63) is 18.2 Å². The van der Waals surface area contributed by atoms with E-state index < -0.39 is 23.4 Å². The number of carbonyl (C=O) groups excluding carboxylic acids is 1. The Balaban J connectivity index is 2.00. The largest absolute Gasteiger partial charge is 0.480 e.